The average molecular weight is 282 g/mol. The van der Waals surface area contributed by atoms with Crippen LogP contribution in [0.3, 0.4) is 0 Å². The molecule has 0 saturated heterocycles. The molecule has 6 heteroatoms. The first-order chi connectivity index (χ1) is 9.17. The van der Waals surface area contributed by atoms with Gasteiger partial charge < -0.3 is 9.30 Å². The Labute approximate surface area is 118 Å². The Balaban J connectivity index is 3.19. The van der Waals surface area contributed by atoms with Gasteiger partial charge in [0, 0.05) is 18.8 Å². The van der Waals surface area contributed by atoms with Crippen LogP contribution in [-0.4, -0.2) is 20.7 Å². The highest BCUT2D eigenvalue weighted by molar-refractivity contribution is 5.74. The molecule has 0 spiro atoms. The summed E-state index contributed by atoms with van der Waals surface area (Å²) < 4.78 is 7.57. The lowest BCUT2D eigenvalue weighted by Crippen LogP contribution is -2.44. The van der Waals surface area contributed by atoms with Gasteiger partial charge in [0.05, 0.1) is 0 Å². The maximum absolute atomic E-state index is 12.2. The van der Waals surface area contributed by atoms with E-state index in [1.165, 1.54) is 23.8 Å². The smallest absolute Gasteiger partial charge is 0.331 e. The zero-order valence-corrected chi connectivity index (χ0v) is 12.7. The Hall–Kier alpha value is -1.85. The summed E-state index contributed by atoms with van der Waals surface area (Å²) in [5.74, 6) is -0.592. The van der Waals surface area contributed by atoms with Gasteiger partial charge in [-0.15, -0.1) is 0 Å². The van der Waals surface area contributed by atoms with Crippen molar-refractivity contribution in [1.82, 2.24) is 9.13 Å². The molecule has 1 atom stereocenters. The molecule has 1 aromatic heterocycles. The lowest BCUT2D eigenvalue weighted by Gasteiger charge is -2.23. The van der Waals surface area contributed by atoms with Crippen LogP contribution in [0.1, 0.15) is 47.1 Å². The van der Waals surface area contributed by atoms with E-state index in [1.54, 1.807) is 20.8 Å². The monoisotopic (exact) mass is 282 g/mol. The van der Waals surface area contributed by atoms with Crippen LogP contribution in [0.4, 0.5) is 0 Å². The highest BCUT2D eigenvalue weighted by Crippen LogP contribution is 2.12. The fourth-order valence-electron chi connectivity index (χ4n) is 1.79. The number of hydrogen-bond donors (Lipinski definition) is 0. The molecule has 0 saturated carbocycles. The third-order valence-electron chi connectivity index (χ3n) is 2.69. The Bertz CT molecular complexity index is 592. The van der Waals surface area contributed by atoms with Gasteiger partial charge in [0.2, 0.25) is 0 Å². The Morgan fingerprint density at radius 3 is 2.45 bits per heavy atom. The van der Waals surface area contributed by atoms with E-state index in [-0.39, 0.29) is 0 Å². The molecule has 0 fully saturated rings. The first-order valence-electron chi connectivity index (χ1n) is 6.72. The Kier molecular flexibility index (Phi) is 4.92. The summed E-state index contributed by atoms with van der Waals surface area (Å²) in [6.45, 7) is 9.13. The van der Waals surface area contributed by atoms with Gasteiger partial charge in [-0.3, -0.25) is 4.79 Å². The molecule has 1 unspecified atom stereocenters. The number of nitrogens with zero attached hydrogens (tertiary/aromatic N) is 2. The van der Waals surface area contributed by atoms with E-state index in [0.717, 1.165) is 11.0 Å². The van der Waals surface area contributed by atoms with Gasteiger partial charge >= 0.3 is 11.7 Å². The lowest BCUT2D eigenvalue weighted by atomic mass is 10.2. The number of aryl methyl sites for hydroxylation is 1. The van der Waals surface area contributed by atoms with E-state index in [4.69, 9.17) is 4.74 Å². The fourth-order valence-corrected chi connectivity index (χ4v) is 1.79. The van der Waals surface area contributed by atoms with Crippen LogP contribution in [0.15, 0.2) is 21.9 Å². The highest BCUT2D eigenvalue weighted by Gasteiger charge is 2.25. The van der Waals surface area contributed by atoms with Crippen LogP contribution in [0.25, 0.3) is 0 Å². The molecule has 1 rings (SSSR count). The molecular formula is C14H22N2O4. The van der Waals surface area contributed by atoms with Crippen LogP contribution < -0.4 is 11.2 Å². The van der Waals surface area contributed by atoms with Crippen LogP contribution in [0.5, 0.6) is 0 Å². The second-order valence-electron chi connectivity index (χ2n) is 5.71. The number of esters is 1. The first kappa shape index (κ1) is 16.2. The van der Waals surface area contributed by atoms with E-state index in [9.17, 15) is 14.4 Å². The van der Waals surface area contributed by atoms with Gasteiger partial charge in [0.1, 0.15) is 11.6 Å². The molecule has 0 aromatic carbocycles. The summed E-state index contributed by atoms with van der Waals surface area (Å²) in [5, 5.41) is 0. The number of aromatic nitrogens is 2. The molecule has 6 nitrogen and oxygen atoms in total. The third kappa shape index (κ3) is 3.82. The molecule has 20 heavy (non-hydrogen) atoms. The number of rotatable bonds is 4. The molecule has 0 aliphatic heterocycles. The SMILES string of the molecule is CCCn1ccc(=O)n(C(C)C(=O)OC(C)(C)C)c1=O. The van der Waals surface area contributed by atoms with Crippen LogP contribution in [0, 0.1) is 0 Å². The van der Waals surface area contributed by atoms with Gasteiger partial charge in [0.15, 0.2) is 0 Å². The van der Waals surface area contributed by atoms with Crippen LogP contribution in [0.2, 0.25) is 0 Å². The van der Waals surface area contributed by atoms with Crippen LogP contribution >= 0.6 is 0 Å². The molecule has 1 heterocycles. The fraction of sp³-hybridized carbons (Fsp3) is 0.643. The van der Waals surface area contributed by atoms with Crippen molar-refractivity contribution in [2.75, 3.05) is 0 Å². The Morgan fingerprint density at radius 2 is 1.95 bits per heavy atom. The summed E-state index contributed by atoms with van der Waals surface area (Å²) >= 11 is 0. The summed E-state index contributed by atoms with van der Waals surface area (Å²) in [4.78, 5) is 36.1. The summed E-state index contributed by atoms with van der Waals surface area (Å²) in [6, 6.07) is 0.344. The quantitative estimate of drug-likeness (QED) is 0.781. The molecule has 112 valence electrons. The molecule has 0 amide bonds. The average Bonchev–Trinajstić information content (AvgIpc) is 2.31. The minimum atomic E-state index is -0.946. The lowest BCUT2D eigenvalue weighted by molar-refractivity contribution is -0.158. The molecule has 0 aliphatic carbocycles. The van der Waals surface area contributed by atoms with Gasteiger partial charge in [0.25, 0.3) is 5.56 Å². The van der Waals surface area contributed by atoms with Crippen molar-refractivity contribution in [3.63, 3.8) is 0 Å². The number of carbonyl (C=O) groups is 1. The van der Waals surface area contributed by atoms with Gasteiger partial charge in [-0.05, 0) is 34.1 Å². The van der Waals surface area contributed by atoms with Gasteiger partial charge in [-0.25, -0.2) is 14.2 Å². The van der Waals surface area contributed by atoms with Crippen molar-refractivity contribution < 1.29 is 9.53 Å². The predicted molar refractivity (Wildman–Crippen MR) is 75.8 cm³/mol. The zero-order chi connectivity index (χ0) is 15.5. The predicted octanol–water partition coefficient (Wildman–Crippen LogP) is 1.32. The van der Waals surface area contributed by atoms with E-state index < -0.39 is 28.9 Å². The van der Waals surface area contributed by atoms with Gasteiger partial charge in [-0.1, -0.05) is 6.92 Å². The van der Waals surface area contributed by atoms with E-state index in [0.29, 0.717) is 6.54 Å². The largest absolute Gasteiger partial charge is 0.458 e. The minimum absolute atomic E-state index is 0.488. The topological polar surface area (TPSA) is 70.3 Å². The molecule has 0 bridgehead atoms. The molecular weight excluding hydrogens is 260 g/mol. The van der Waals surface area contributed by atoms with Crippen molar-refractivity contribution >= 4 is 5.97 Å². The van der Waals surface area contributed by atoms with Crippen molar-refractivity contribution in [2.45, 2.75) is 59.2 Å². The second-order valence-corrected chi connectivity index (χ2v) is 5.71. The molecule has 0 aliphatic rings. The summed E-state index contributed by atoms with van der Waals surface area (Å²) in [7, 11) is 0. The first-order valence-corrected chi connectivity index (χ1v) is 6.72. The molecule has 0 N–H and O–H groups in total. The summed E-state index contributed by atoms with van der Waals surface area (Å²) in [6.07, 6.45) is 2.21. The Morgan fingerprint density at radius 1 is 1.35 bits per heavy atom. The minimum Gasteiger partial charge on any atom is -0.458 e. The van der Waals surface area contributed by atoms with E-state index in [1.807, 2.05) is 6.92 Å². The number of ether oxygens (including phenoxy) is 1. The third-order valence-corrected chi connectivity index (χ3v) is 2.69. The normalized spacial score (nSPS) is 13.1. The van der Waals surface area contributed by atoms with E-state index in [2.05, 4.69) is 0 Å². The van der Waals surface area contributed by atoms with Gasteiger partial charge in [-0.2, -0.15) is 0 Å². The number of carbonyl (C=O) groups excluding carboxylic acids is 1. The van der Waals surface area contributed by atoms with Crippen molar-refractivity contribution in [2.24, 2.45) is 0 Å². The zero-order valence-electron chi connectivity index (χ0n) is 12.7. The standard InChI is InChI=1S/C14H22N2O4/c1-6-8-15-9-7-11(17)16(13(15)19)10(2)12(18)20-14(3,4)5/h7,9-10H,6,8H2,1-5H3. The maximum Gasteiger partial charge on any atom is 0.331 e. The number of hydrogen-bond acceptors (Lipinski definition) is 4. The molecule has 0 radical (unpaired) electrons. The second kappa shape index (κ2) is 6.07. The summed E-state index contributed by atoms with van der Waals surface area (Å²) in [5.41, 5.74) is -1.65. The van der Waals surface area contributed by atoms with Crippen molar-refractivity contribution in [1.29, 1.82) is 0 Å². The highest BCUT2D eigenvalue weighted by atomic mass is 16.6. The molecule has 1 aromatic rings. The van der Waals surface area contributed by atoms with Crippen molar-refractivity contribution in [3.8, 4) is 0 Å². The van der Waals surface area contributed by atoms with Crippen molar-refractivity contribution in [3.05, 3.63) is 33.1 Å². The van der Waals surface area contributed by atoms with Crippen LogP contribution in [-0.2, 0) is 16.1 Å². The maximum atomic E-state index is 12.2. The van der Waals surface area contributed by atoms with E-state index >= 15 is 0 Å².